The first-order valence-electron chi connectivity index (χ1n) is 5.41. The Bertz CT molecular complexity index is 639. The first-order chi connectivity index (χ1) is 9.19. The number of rotatable bonds is 3. The fraction of sp³-hybridized carbons (Fsp3) is 0. The van der Waals surface area contributed by atoms with Crippen molar-refractivity contribution in [1.29, 1.82) is 5.26 Å². The van der Waals surface area contributed by atoms with Crippen molar-refractivity contribution in [2.24, 2.45) is 0 Å². The summed E-state index contributed by atoms with van der Waals surface area (Å²) in [5.41, 5.74) is 0.777. The summed E-state index contributed by atoms with van der Waals surface area (Å²) in [6, 6.07) is 13.1. The third-order valence-corrected chi connectivity index (χ3v) is 3.84. The Hall–Kier alpha value is -1.65. The third-order valence-electron chi connectivity index (χ3n) is 2.30. The number of halogens is 1. The van der Waals surface area contributed by atoms with Crippen LogP contribution in [0.3, 0.4) is 0 Å². The minimum Gasteiger partial charge on any atom is -0.321 e. The molecule has 0 aliphatic carbocycles. The van der Waals surface area contributed by atoms with E-state index in [2.05, 4.69) is 27.9 Å². The van der Waals surface area contributed by atoms with Crippen LogP contribution in [0.25, 0.3) is 6.08 Å². The summed E-state index contributed by atoms with van der Waals surface area (Å²) < 4.78 is 1.09. The molecule has 94 valence electrons. The molecule has 0 radical (unpaired) electrons. The largest absolute Gasteiger partial charge is 0.321 e. The monoisotopic (exact) mass is 380 g/mol. The van der Waals surface area contributed by atoms with Crippen molar-refractivity contribution in [3.8, 4) is 6.07 Å². The minimum atomic E-state index is -0.392. The molecule has 0 spiro atoms. The predicted octanol–water partition coefficient (Wildman–Crippen LogP) is 3.90. The van der Waals surface area contributed by atoms with Gasteiger partial charge in [0.15, 0.2) is 0 Å². The van der Waals surface area contributed by atoms with Crippen LogP contribution in [-0.2, 0) is 4.79 Å². The van der Waals surface area contributed by atoms with Gasteiger partial charge in [0.05, 0.1) is 0 Å². The van der Waals surface area contributed by atoms with Crippen LogP contribution in [0.5, 0.6) is 0 Å². The number of nitriles is 1. The number of nitrogens with zero attached hydrogens (tertiary/aromatic N) is 1. The van der Waals surface area contributed by atoms with E-state index >= 15 is 0 Å². The summed E-state index contributed by atoms with van der Waals surface area (Å²) in [4.78, 5) is 12.8. The lowest BCUT2D eigenvalue weighted by Crippen LogP contribution is -2.13. The molecular weight excluding hydrogens is 371 g/mol. The van der Waals surface area contributed by atoms with E-state index < -0.39 is 5.91 Å². The lowest BCUT2D eigenvalue weighted by atomic mass is 10.2. The molecule has 19 heavy (non-hydrogen) atoms. The summed E-state index contributed by atoms with van der Waals surface area (Å²) in [5.74, 6) is -0.392. The number of anilines is 1. The highest BCUT2D eigenvalue weighted by Crippen LogP contribution is 2.15. The molecule has 0 unspecified atom stereocenters. The number of hydrogen-bond donors (Lipinski definition) is 1. The Kier molecular flexibility index (Phi) is 4.71. The first kappa shape index (κ1) is 13.8. The fourth-order valence-corrected chi connectivity index (χ4v) is 2.41. The number of carbonyl (C=O) groups is 1. The van der Waals surface area contributed by atoms with Crippen molar-refractivity contribution in [2.75, 3.05) is 5.32 Å². The Morgan fingerprint density at radius 1 is 1.32 bits per heavy atom. The van der Waals surface area contributed by atoms with Crippen LogP contribution in [0.1, 0.15) is 4.88 Å². The molecule has 0 saturated carbocycles. The second kappa shape index (κ2) is 6.50. The second-order valence-electron chi connectivity index (χ2n) is 3.65. The number of carbonyl (C=O) groups excluding carboxylic acids is 1. The lowest BCUT2D eigenvalue weighted by molar-refractivity contribution is -0.112. The van der Waals surface area contributed by atoms with Gasteiger partial charge in [-0.2, -0.15) is 5.26 Å². The third kappa shape index (κ3) is 3.91. The van der Waals surface area contributed by atoms with Crippen LogP contribution < -0.4 is 5.32 Å². The standard InChI is InChI=1S/C14H9IN2OS/c15-11-3-5-12(6-4-11)17-14(18)10(9-16)8-13-2-1-7-19-13/h1-8H,(H,17,18)/b10-8+. The molecule has 3 nitrogen and oxygen atoms in total. The Morgan fingerprint density at radius 2 is 2.05 bits per heavy atom. The van der Waals surface area contributed by atoms with Crippen LogP contribution in [-0.4, -0.2) is 5.91 Å². The Labute approximate surface area is 128 Å². The van der Waals surface area contributed by atoms with Gasteiger partial charge in [0.25, 0.3) is 5.91 Å². The molecule has 0 bridgehead atoms. The highest BCUT2D eigenvalue weighted by Gasteiger charge is 2.09. The predicted molar refractivity (Wildman–Crippen MR) is 85.7 cm³/mol. The average molecular weight is 380 g/mol. The van der Waals surface area contributed by atoms with Crippen molar-refractivity contribution in [3.05, 3.63) is 55.8 Å². The fourth-order valence-electron chi connectivity index (χ4n) is 1.40. The number of nitrogens with one attached hydrogen (secondary N) is 1. The smallest absolute Gasteiger partial charge is 0.266 e. The van der Waals surface area contributed by atoms with Crippen molar-refractivity contribution in [2.45, 2.75) is 0 Å². The maximum Gasteiger partial charge on any atom is 0.266 e. The van der Waals surface area contributed by atoms with Crippen molar-refractivity contribution in [1.82, 2.24) is 0 Å². The van der Waals surface area contributed by atoms with E-state index in [4.69, 9.17) is 5.26 Å². The lowest BCUT2D eigenvalue weighted by Gasteiger charge is -2.03. The molecule has 0 aliphatic rings. The van der Waals surface area contributed by atoms with Gasteiger partial charge in [0.2, 0.25) is 0 Å². The van der Waals surface area contributed by atoms with Gasteiger partial charge in [0, 0.05) is 14.1 Å². The minimum absolute atomic E-state index is 0.0981. The van der Waals surface area contributed by atoms with Gasteiger partial charge in [0.1, 0.15) is 11.6 Å². The van der Waals surface area contributed by atoms with E-state index in [9.17, 15) is 4.79 Å². The van der Waals surface area contributed by atoms with Gasteiger partial charge < -0.3 is 5.32 Å². The van der Waals surface area contributed by atoms with E-state index in [-0.39, 0.29) is 5.57 Å². The highest BCUT2D eigenvalue weighted by atomic mass is 127. The molecule has 0 saturated heterocycles. The zero-order valence-electron chi connectivity index (χ0n) is 9.76. The summed E-state index contributed by atoms with van der Waals surface area (Å²) >= 11 is 3.67. The second-order valence-corrected chi connectivity index (χ2v) is 5.87. The average Bonchev–Trinajstić information content (AvgIpc) is 2.91. The maximum absolute atomic E-state index is 12.0. The van der Waals surface area contributed by atoms with Crippen LogP contribution in [0, 0.1) is 14.9 Å². The molecule has 2 rings (SSSR count). The van der Waals surface area contributed by atoms with E-state index in [1.165, 1.54) is 11.3 Å². The molecule has 5 heteroatoms. The Morgan fingerprint density at radius 3 is 2.63 bits per heavy atom. The maximum atomic E-state index is 12.0. The molecule has 0 fully saturated rings. The van der Waals surface area contributed by atoms with Gasteiger partial charge in [-0.3, -0.25) is 4.79 Å². The van der Waals surface area contributed by atoms with Crippen LogP contribution in [0.2, 0.25) is 0 Å². The quantitative estimate of drug-likeness (QED) is 0.499. The molecule has 1 aromatic heterocycles. The van der Waals surface area contributed by atoms with E-state index in [1.807, 2.05) is 35.7 Å². The highest BCUT2D eigenvalue weighted by molar-refractivity contribution is 14.1. The normalized spacial score (nSPS) is 10.8. The zero-order valence-corrected chi connectivity index (χ0v) is 12.7. The summed E-state index contributed by atoms with van der Waals surface area (Å²) in [6.45, 7) is 0. The number of hydrogen-bond acceptors (Lipinski definition) is 3. The molecule has 1 N–H and O–H groups in total. The van der Waals surface area contributed by atoms with Gasteiger partial charge in [-0.1, -0.05) is 6.07 Å². The Balaban J connectivity index is 2.14. The van der Waals surface area contributed by atoms with Gasteiger partial charge in [-0.25, -0.2) is 0 Å². The molecule has 2 aromatic rings. The topological polar surface area (TPSA) is 52.9 Å². The van der Waals surface area contributed by atoms with E-state index in [0.717, 1.165) is 8.45 Å². The van der Waals surface area contributed by atoms with E-state index in [0.29, 0.717) is 5.69 Å². The molecule has 0 atom stereocenters. The molecule has 1 amide bonds. The molecule has 1 aromatic carbocycles. The molecular formula is C14H9IN2OS. The van der Waals surface area contributed by atoms with Crippen molar-refractivity contribution < 1.29 is 4.79 Å². The van der Waals surface area contributed by atoms with Gasteiger partial charge >= 0.3 is 0 Å². The SMILES string of the molecule is N#C/C(=C\c1cccs1)C(=O)Nc1ccc(I)cc1. The molecule has 0 aliphatic heterocycles. The summed E-state index contributed by atoms with van der Waals surface area (Å²) in [7, 11) is 0. The number of benzene rings is 1. The number of thiophene rings is 1. The van der Waals surface area contributed by atoms with Crippen LogP contribution >= 0.6 is 33.9 Å². The van der Waals surface area contributed by atoms with Gasteiger partial charge in [-0.15, -0.1) is 11.3 Å². The van der Waals surface area contributed by atoms with Crippen molar-refractivity contribution in [3.63, 3.8) is 0 Å². The van der Waals surface area contributed by atoms with Gasteiger partial charge in [-0.05, 0) is 64.4 Å². The summed E-state index contributed by atoms with van der Waals surface area (Å²) in [5, 5.41) is 13.6. The van der Waals surface area contributed by atoms with Crippen molar-refractivity contribution >= 4 is 51.6 Å². The van der Waals surface area contributed by atoms with Crippen LogP contribution in [0.4, 0.5) is 5.69 Å². The van der Waals surface area contributed by atoms with Crippen LogP contribution in [0.15, 0.2) is 47.4 Å². The number of amides is 1. The molecule has 1 heterocycles. The summed E-state index contributed by atoms with van der Waals surface area (Å²) in [6.07, 6.45) is 1.59. The van der Waals surface area contributed by atoms with E-state index in [1.54, 1.807) is 18.2 Å². The first-order valence-corrected chi connectivity index (χ1v) is 7.37. The zero-order chi connectivity index (χ0) is 13.7.